The number of piperidine rings is 1. The molecule has 3 heterocycles. The van der Waals surface area contributed by atoms with Crippen LogP contribution in [-0.2, 0) is 13.0 Å². The van der Waals surface area contributed by atoms with Gasteiger partial charge in [-0.15, -0.1) is 0 Å². The van der Waals surface area contributed by atoms with E-state index in [-0.39, 0.29) is 0 Å². The zero-order valence-corrected chi connectivity index (χ0v) is 17.1. The molecule has 0 aliphatic carbocycles. The van der Waals surface area contributed by atoms with Crippen molar-refractivity contribution in [1.29, 1.82) is 0 Å². The highest BCUT2D eigenvalue weighted by Gasteiger charge is 2.20. The lowest BCUT2D eigenvalue weighted by atomic mass is 9.88. The summed E-state index contributed by atoms with van der Waals surface area (Å²) in [5.74, 6) is 1.55. The van der Waals surface area contributed by atoms with E-state index in [1.807, 2.05) is 24.5 Å². The number of ether oxygens (including phenoxy) is 1. The smallest absolute Gasteiger partial charge is 0.217 e. The van der Waals surface area contributed by atoms with E-state index in [1.165, 1.54) is 41.5 Å². The summed E-state index contributed by atoms with van der Waals surface area (Å²) in [6, 6.07) is 17.0. The van der Waals surface area contributed by atoms with E-state index in [2.05, 4.69) is 51.3 Å². The second-order valence-electron chi connectivity index (χ2n) is 7.83. The molecule has 150 valence electrons. The van der Waals surface area contributed by atoms with E-state index < -0.39 is 0 Å². The number of hydrogen-bond acceptors (Lipinski definition) is 4. The second kappa shape index (κ2) is 9.66. The molecule has 0 saturated carbocycles. The summed E-state index contributed by atoms with van der Waals surface area (Å²) in [5.41, 5.74) is 5.15. The Bertz CT molecular complexity index is 905. The predicted molar refractivity (Wildman–Crippen MR) is 117 cm³/mol. The highest BCUT2D eigenvalue weighted by atomic mass is 16.5. The van der Waals surface area contributed by atoms with E-state index in [9.17, 15) is 0 Å². The lowest BCUT2D eigenvalue weighted by Gasteiger charge is -2.32. The Balaban J connectivity index is 1.31. The largest absolute Gasteiger partial charge is 0.481 e. The van der Waals surface area contributed by atoms with Crippen molar-refractivity contribution in [1.82, 2.24) is 14.9 Å². The second-order valence-corrected chi connectivity index (χ2v) is 7.83. The van der Waals surface area contributed by atoms with E-state index in [0.717, 1.165) is 37.9 Å². The zero-order valence-electron chi connectivity index (χ0n) is 17.1. The van der Waals surface area contributed by atoms with Crippen molar-refractivity contribution in [2.45, 2.75) is 32.2 Å². The third-order valence-electron chi connectivity index (χ3n) is 5.96. The lowest BCUT2D eigenvalue weighted by molar-refractivity contribution is 0.170. The van der Waals surface area contributed by atoms with Crippen LogP contribution in [-0.4, -0.2) is 35.1 Å². The lowest BCUT2D eigenvalue weighted by Crippen LogP contribution is -2.33. The Kier molecular flexibility index (Phi) is 6.52. The molecule has 0 spiro atoms. The molecule has 3 aromatic rings. The van der Waals surface area contributed by atoms with E-state index in [0.29, 0.717) is 0 Å². The number of methoxy groups -OCH3 is 1. The van der Waals surface area contributed by atoms with Crippen molar-refractivity contribution in [2.75, 3.05) is 20.2 Å². The van der Waals surface area contributed by atoms with Crippen molar-refractivity contribution < 1.29 is 4.74 Å². The van der Waals surface area contributed by atoms with Gasteiger partial charge in [0.25, 0.3) is 0 Å². The van der Waals surface area contributed by atoms with Gasteiger partial charge < -0.3 is 4.74 Å². The minimum absolute atomic E-state index is 0.752. The third-order valence-corrected chi connectivity index (χ3v) is 5.96. The number of benzene rings is 1. The van der Waals surface area contributed by atoms with Crippen molar-refractivity contribution >= 4 is 0 Å². The maximum atomic E-state index is 5.40. The molecule has 4 heteroatoms. The van der Waals surface area contributed by atoms with Gasteiger partial charge in [0, 0.05) is 36.3 Å². The van der Waals surface area contributed by atoms with Crippen LogP contribution < -0.4 is 4.74 Å². The maximum Gasteiger partial charge on any atom is 0.217 e. The topological polar surface area (TPSA) is 38.2 Å². The standard InChI is InChI=1S/C25H29N3O/c1-29-25-23(8-5-15-27-25)19-28-16-12-20(13-17-28)10-11-21-6-2-3-9-24(21)22-7-4-14-26-18-22/h2-9,14-15,18,20H,10-13,16-17,19H2,1H3. The molecule has 4 rings (SSSR count). The van der Waals surface area contributed by atoms with Gasteiger partial charge in [0.15, 0.2) is 0 Å². The van der Waals surface area contributed by atoms with Gasteiger partial charge in [0.05, 0.1) is 7.11 Å². The van der Waals surface area contributed by atoms with Gasteiger partial charge in [0.2, 0.25) is 5.88 Å². The summed E-state index contributed by atoms with van der Waals surface area (Å²) in [7, 11) is 1.70. The molecule has 0 bridgehead atoms. The molecule has 29 heavy (non-hydrogen) atoms. The van der Waals surface area contributed by atoms with Gasteiger partial charge in [-0.05, 0) is 68.0 Å². The molecule has 1 aliphatic heterocycles. The van der Waals surface area contributed by atoms with Crippen LogP contribution in [0.2, 0.25) is 0 Å². The molecule has 0 unspecified atom stereocenters. The highest BCUT2D eigenvalue weighted by Crippen LogP contribution is 2.28. The number of pyridine rings is 2. The summed E-state index contributed by atoms with van der Waals surface area (Å²) in [4.78, 5) is 11.1. The van der Waals surface area contributed by atoms with E-state index in [4.69, 9.17) is 4.74 Å². The Morgan fingerprint density at radius 2 is 1.76 bits per heavy atom. The normalized spacial score (nSPS) is 15.3. The number of aryl methyl sites for hydroxylation is 1. The molecular weight excluding hydrogens is 358 g/mol. The summed E-state index contributed by atoms with van der Waals surface area (Å²) in [6.45, 7) is 3.22. The Labute approximate surface area is 173 Å². The molecule has 0 N–H and O–H groups in total. The molecule has 1 saturated heterocycles. The van der Waals surface area contributed by atoms with E-state index in [1.54, 1.807) is 13.3 Å². The van der Waals surface area contributed by atoms with Crippen LogP contribution in [0.1, 0.15) is 30.4 Å². The Hall–Kier alpha value is -2.72. The van der Waals surface area contributed by atoms with Crippen LogP contribution in [0.5, 0.6) is 5.88 Å². The van der Waals surface area contributed by atoms with E-state index >= 15 is 0 Å². The predicted octanol–water partition coefficient (Wildman–Crippen LogP) is 5.00. The summed E-state index contributed by atoms with van der Waals surface area (Å²) < 4.78 is 5.40. The number of likely N-dealkylation sites (tertiary alicyclic amines) is 1. The molecule has 4 nitrogen and oxygen atoms in total. The molecular formula is C25H29N3O. The Morgan fingerprint density at radius 1 is 0.966 bits per heavy atom. The van der Waals surface area contributed by atoms with Gasteiger partial charge >= 0.3 is 0 Å². The van der Waals surface area contributed by atoms with Crippen LogP contribution in [0.4, 0.5) is 0 Å². The van der Waals surface area contributed by atoms with Crippen molar-refractivity contribution in [3.05, 3.63) is 78.2 Å². The number of aromatic nitrogens is 2. The molecule has 0 atom stereocenters. The van der Waals surface area contributed by atoms with Crippen LogP contribution in [0.15, 0.2) is 67.1 Å². The van der Waals surface area contributed by atoms with Crippen molar-refractivity contribution in [2.24, 2.45) is 5.92 Å². The molecule has 1 fully saturated rings. The summed E-state index contributed by atoms with van der Waals surface area (Å²) in [6.07, 6.45) is 10.5. The summed E-state index contributed by atoms with van der Waals surface area (Å²) >= 11 is 0. The average molecular weight is 388 g/mol. The first kappa shape index (κ1) is 19.6. The highest BCUT2D eigenvalue weighted by molar-refractivity contribution is 5.66. The first-order valence-corrected chi connectivity index (χ1v) is 10.5. The number of hydrogen-bond donors (Lipinski definition) is 0. The van der Waals surface area contributed by atoms with Gasteiger partial charge in [0.1, 0.15) is 0 Å². The molecule has 0 radical (unpaired) electrons. The maximum absolute atomic E-state index is 5.40. The van der Waals surface area contributed by atoms with Crippen LogP contribution in [0.3, 0.4) is 0 Å². The fourth-order valence-corrected chi connectivity index (χ4v) is 4.30. The van der Waals surface area contributed by atoms with Gasteiger partial charge in [-0.3, -0.25) is 9.88 Å². The molecule has 0 amide bonds. The fourth-order valence-electron chi connectivity index (χ4n) is 4.30. The molecule has 2 aromatic heterocycles. The Morgan fingerprint density at radius 3 is 2.55 bits per heavy atom. The van der Waals surface area contributed by atoms with Crippen LogP contribution in [0, 0.1) is 5.92 Å². The van der Waals surface area contributed by atoms with Crippen molar-refractivity contribution in [3.63, 3.8) is 0 Å². The van der Waals surface area contributed by atoms with Crippen LogP contribution >= 0.6 is 0 Å². The van der Waals surface area contributed by atoms with Gasteiger partial charge in [-0.1, -0.05) is 36.4 Å². The quantitative estimate of drug-likeness (QED) is 0.572. The monoisotopic (exact) mass is 387 g/mol. The van der Waals surface area contributed by atoms with Gasteiger partial charge in [-0.25, -0.2) is 4.98 Å². The zero-order chi connectivity index (χ0) is 19.9. The van der Waals surface area contributed by atoms with Crippen molar-refractivity contribution in [3.8, 4) is 17.0 Å². The average Bonchev–Trinajstić information content (AvgIpc) is 2.80. The number of rotatable bonds is 7. The minimum atomic E-state index is 0.752. The SMILES string of the molecule is COc1ncccc1CN1CCC(CCc2ccccc2-c2cccnc2)CC1. The third kappa shape index (κ3) is 5.01. The molecule has 1 aliphatic rings. The summed E-state index contributed by atoms with van der Waals surface area (Å²) in [5, 5.41) is 0. The number of nitrogens with zero attached hydrogens (tertiary/aromatic N) is 3. The van der Waals surface area contributed by atoms with Gasteiger partial charge in [-0.2, -0.15) is 0 Å². The van der Waals surface area contributed by atoms with Crippen LogP contribution in [0.25, 0.3) is 11.1 Å². The fraction of sp³-hybridized carbons (Fsp3) is 0.360. The first-order chi connectivity index (χ1) is 14.3. The first-order valence-electron chi connectivity index (χ1n) is 10.5. The minimum Gasteiger partial charge on any atom is -0.481 e. The molecule has 1 aromatic carbocycles.